The van der Waals surface area contributed by atoms with Crippen molar-refractivity contribution in [3.63, 3.8) is 0 Å². The van der Waals surface area contributed by atoms with Crippen molar-refractivity contribution in [3.05, 3.63) is 35.4 Å². The number of benzene rings is 1. The van der Waals surface area contributed by atoms with E-state index in [0.717, 1.165) is 18.1 Å². The summed E-state index contributed by atoms with van der Waals surface area (Å²) in [6.45, 7) is 6.58. The molecule has 1 aromatic rings. The van der Waals surface area contributed by atoms with Gasteiger partial charge in [0.25, 0.3) is 0 Å². The Morgan fingerprint density at radius 1 is 1.33 bits per heavy atom. The van der Waals surface area contributed by atoms with Gasteiger partial charge in [-0.25, -0.2) is 0 Å². The second kappa shape index (κ2) is 11.0. The number of rotatable bonds is 6. The van der Waals surface area contributed by atoms with Crippen LogP contribution in [0.1, 0.15) is 37.3 Å². The third-order valence-electron chi connectivity index (χ3n) is 2.76. The van der Waals surface area contributed by atoms with Gasteiger partial charge >= 0.3 is 0 Å². The maximum atomic E-state index is 10.1. The van der Waals surface area contributed by atoms with Crippen LogP contribution in [0.4, 0.5) is 0 Å². The van der Waals surface area contributed by atoms with Gasteiger partial charge in [-0.1, -0.05) is 69.2 Å². The van der Waals surface area contributed by atoms with Crippen LogP contribution in [0.15, 0.2) is 24.3 Å². The zero-order valence-electron chi connectivity index (χ0n) is 11.9. The van der Waals surface area contributed by atoms with Gasteiger partial charge in [-0.15, -0.1) is 0 Å². The van der Waals surface area contributed by atoms with E-state index in [2.05, 4.69) is 6.92 Å². The molecule has 0 heterocycles. The summed E-state index contributed by atoms with van der Waals surface area (Å²) in [5.41, 5.74) is 2.18. The van der Waals surface area contributed by atoms with Gasteiger partial charge in [0.1, 0.15) is 0 Å². The molecule has 0 unspecified atom stereocenters. The van der Waals surface area contributed by atoms with Crippen LogP contribution >= 0.6 is 0 Å². The van der Waals surface area contributed by atoms with Crippen molar-refractivity contribution < 1.29 is 9.90 Å². The zero-order valence-corrected chi connectivity index (χ0v) is 11.9. The molecule has 18 heavy (non-hydrogen) atoms. The summed E-state index contributed by atoms with van der Waals surface area (Å²) in [5.74, 6) is 0. The minimum atomic E-state index is 0.141. The Morgan fingerprint density at radius 3 is 2.50 bits per heavy atom. The van der Waals surface area contributed by atoms with Crippen LogP contribution < -0.4 is 0 Å². The Kier molecular flexibility index (Phi) is 10.4. The van der Waals surface area contributed by atoms with Crippen molar-refractivity contribution >= 4 is 12.9 Å². The topological polar surface area (TPSA) is 37.3 Å². The molecule has 0 aliphatic carbocycles. The number of hydrogen-bond donors (Lipinski definition) is 1. The van der Waals surface area contributed by atoms with Gasteiger partial charge < -0.3 is 9.90 Å². The van der Waals surface area contributed by atoms with Crippen LogP contribution in [0.25, 0.3) is 0 Å². The van der Waals surface area contributed by atoms with Crippen molar-refractivity contribution in [2.75, 3.05) is 0 Å². The van der Waals surface area contributed by atoms with Gasteiger partial charge in [-0.05, 0) is 12.5 Å². The fourth-order valence-electron chi connectivity index (χ4n) is 1.59. The number of aliphatic hydroxyl groups excluding tert-OH is 1. The van der Waals surface area contributed by atoms with Gasteiger partial charge in [-0.3, -0.25) is 0 Å². The highest BCUT2D eigenvalue weighted by atomic mass is 16.3. The first kappa shape index (κ1) is 16.9. The second-order valence-electron chi connectivity index (χ2n) is 4.76. The maximum Gasteiger partial charge on any atom is 0.215 e. The molecule has 0 saturated heterocycles. The molecular formula is C15H25BO2. The summed E-state index contributed by atoms with van der Waals surface area (Å²) in [5, 5.41) is 8.66. The van der Waals surface area contributed by atoms with Gasteiger partial charge in [0.05, 0.1) is 12.8 Å². The number of carbonyl (C=O) groups excluding carboxylic acids is 1. The highest BCUT2D eigenvalue weighted by molar-refractivity contribution is 6.83. The second-order valence-corrected chi connectivity index (χ2v) is 4.76. The molecule has 1 aromatic carbocycles. The lowest BCUT2D eigenvalue weighted by atomic mass is 9.50. The minimum Gasteiger partial charge on any atom is -0.392 e. The summed E-state index contributed by atoms with van der Waals surface area (Å²) < 4.78 is 0. The summed E-state index contributed by atoms with van der Waals surface area (Å²) >= 11 is 0. The molecule has 0 saturated carbocycles. The van der Waals surface area contributed by atoms with E-state index in [4.69, 9.17) is 5.11 Å². The number of aryl methyl sites for hydroxylation is 1. The number of carbonyl (C=O) groups is 1. The lowest BCUT2D eigenvalue weighted by Crippen LogP contribution is -2.07. The normalized spacial score (nSPS) is 9.33. The molecule has 0 atom stereocenters. The average molecular weight is 248 g/mol. The third-order valence-corrected chi connectivity index (χ3v) is 2.76. The number of unbranched alkanes of at least 4 members (excludes halogenated alkanes) is 2. The van der Waals surface area contributed by atoms with E-state index in [1.165, 1.54) is 24.8 Å². The lowest BCUT2D eigenvalue weighted by Gasteiger charge is -1.96. The van der Waals surface area contributed by atoms with E-state index in [0.29, 0.717) is 0 Å². The molecule has 0 aliphatic rings. The smallest absolute Gasteiger partial charge is 0.215 e. The lowest BCUT2D eigenvalue weighted by molar-refractivity contribution is 0.282. The van der Waals surface area contributed by atoms with E-state index >= 15 is 0 Å². The van der Waals surface area contributed by atoms with Crippen LogP contribution in [-0.4, -0.2) is 18.0 Å². The standard InChI is InChI=1S/C8H10O.C7H15BO/c1-7-3-2-4-8(5-7)6-9;1-3-4-5-6-8(2)7-9/h2-5,9H,6H2,1H3;7H,3-6H2,1-2H3. The SMILES string of the molecule is CCCCCB(C)C=O.Cc1cccc(CO)c1. The zero-order chi connectivity index (χ0) is 13.8. The van der Waals surface area contributed by atoms with E-state index < -0.39 is 0 Å². The molecule has 0 aliphatic heterocycles. The predicted octanol–water partition coefficient (Wildman–Crippen LogP) is 3.56. The Hall–Kier alpha value is -1.09. The van der Waals surface area contributed by atoms with Crippen molar-refractivity contribution in [1.29, 1.82) is 0 Å². The average Bonchev–Trinajstić information content (AvgIpc) is 2.39. The molecule has 0 aromatic heterocycles. The molecule has 1 rings (SSSR count). The van der Waals surface area contributed by atoms with Crippen molar-refractivity contribution in [1.82, 2.24) is 0 Å². The molecular weight excluding hydrogens is 223 g/mol. The quantitative estimate of drug-likeness (QED) is 0.474. The summed E-state index contributed by atoms with van der Waals surface area (Å²) in [4.78, 5) is 10.1. The van der Waals surface area contributed by atoms with Gasteiger partial charge in [-0.2, -0.15) is 0 Å². The van der Waals surface area contributed by atoms with Crippen molar-refractivity contribution in [2.24, 2.45) is 0 Å². The summed E-state index contributed by atoms with van der Waals surface area (Å²) in [6.07, 6.45) is 5.81. The molecule has 0 bridgehead atoms. The van der Waals surface area contributed by atoms with Crippen LogP contribution in [0.3, 0.4) is 0 Å². The summed E-state index contributed by atoms with van der Waals surface area (Å²) in [7, 11) is 0. The van der Waals surface area contributed by atoms with Gasteiger partial charge in [0, 0.05) is 0 Å². The van der Waals surface area contributed by atoms with E-state index in [-0.39, 0.29) is 13.3 Å². The monoisotopic (exact) mass is 248 g/mol. The number of hydrogen-bond acceptors (Lipinski definition) is 2. The molecule has 2 nitrogen and oxygen atoms in total. The van der Waals surface area contributed by atoms with E-state index in [9.17, 15) is 4.79 Å². The molecule has 0 radical (unpaired) electrons. The first-order chi connectivity index (χ1) is 8.63. The Balaban J connectivity index is 0.000000321. The van der Waals surface area contributed by atoms with Crippen molar-refractivity contribution in [2.45, 2.75) is 52.9 Å². The Bertz CT molecular complexity index is 326. The van der Waals surface area contributed by atoms with E-state index in [1.54, 1.807) is 0 Å². The predicted molar refractivity (Wildman–Crippen MR) is 79.8 cm³/mol. The number of aliphatic hydroxyl groups is 1. The Morgan fingerprint density at radius 2 is 2.06 bits per heavy atom. The highest BCUT2D eigenvalue weighted by Crippen LogP contribution is 2.02. The molecule has 0 spiro atoms. The van der Waals surface area contributed by atoms with Crippen LogP contribution in [-0.2, 0) is 11.4 Å². The first-order valence-corrected chi connectivity index (χ1v) is 6.75. The van der Waals surface area contributed by atoms with Crippen LogP contribution in [0.2, 0.25) is 13.1 Å². The molecule has 1 N–H and O–H groups in total. The van der Waals surface area contributed by atoms with Gasteiger partial charge in [0.2, 0.25) is 6.71 Å². The van der Waals surface area contributed by atoms with E-state index in [1.807, 2.05) is 38.0 Å². The fourth-order valence-corrected chi connectivity index (χ4v) is 1.59. The van der Waals surface area contributed by atoms with Crippen LogP contribution in [0.5, 0.6) is 0 Å². The summed E-state index contributed by atoms with van der Waals surface area (Å²) in [6, 6.07) is 7.84. The molecule has 0 fully saturated rings. The highest BCUT2D eigenvalue weighted by Gasteiger charge is 2.02. The first-order valence-electron chi connectivity index (χ1n) is 6.75. The largest absolute Gasteiger partial charge is 0.392 e. The third kappa shape index (κ3) is 9.00. The maximum absolute atomic E-state index is 10.1. The fraction of sp³-hybridized carbons (Fsp3) is 0.533. The Labute approximate surface area is 112 Å². The minimum absolute atomic E-state index is 0.141. The van der Waals surface area contributed by atoms with Crippen molar-refractivity contribution in [3.8, 4) is 0 Å². The molecule has 3 heteroatoms. The van der Waals surface area contributed by atoms with Gasteiger partial charge in [0.15, 0.2) is 0 Å². The molecule has 100 valence electrons. The van der Waals surface area contributed by atoms with Crippen LogP contribution in [0, 0.1) is 6.92 Å². The molecule has 0 amide bonds.